The van der Waals surface area contributed by atoms with Crippen LogP contribution in [0.3, 0.4) is 0 Å². The highest BCUT2D eigenvalue weighted by molar-refractivity contribution is 9.11. The lowest BCUT2D eigenvalue weighted by molar-refractivity contribution is 0.477. The molecular formula is C18H17Br2NO. The molecule has 22 heavy (non-hydrogen) atoms. The third-order valence-corrected chi connectivity index (χ3v) is 4.75. The van der Waals surface area contributed by atoms with Crippen LogP contribution in [0.2, 0.25) is 0 Å². The molecule has 0 unspecified atom stereocenters. The summed E-state index contributed by atoms with van der Waals surface area (Å²) in [5, 5.41) is 1.23. The number of halogens is 2. The van der Waals surface area contributed by atoms with Crippen molar-refractivity contribution in [2.75, 3.05) is 0 Å². The van der Waals surface area contributed by atoms with Gasteiger partial charge in [0.1, 0.15) is 5.75 Å². The van der Waals surface area contributed by atoms with Crippen molar-refractivity contribution < 1.29 is 4.74 Å². The van der Waals surface area contributed by atoms with Gasteiger partial charge in [-0.1, -0.05) is 19.9 Å². The normalized spacial score (nSPS) is 11.3. The molecule has 4 heteroatoms. The van der Waals surface area contributed by atoms with Crippen molar-refractivity contribution in [3.05, 3.63) is 57.1 Å². The summed E-state index contributed by atoms with van der Waals surface area (Å²) in [5.41, 5.74) is 2.48. The first-order valence-corrected chi connectivity index (χ1v) is 8.85. The Morgan fingerprint density at radius 1 is 1.09 bits per heavy atom. The summed E-state index contributed by atoms with van der Waals surface area (Å²) >= 11 is 7.07. The fourth-order valence-electron chi connectivity index (χ4n) is 2.53. The third kappa shape index (κ3) is 3.23. The van der Waals surface area contributed by atoms with Crippen molar-refractivity contribution in [3.8, 4) is 11.5 Å². The molecular weight excluding hydrogens is 406 g/mol. The van der Waals surface area contributed by atoms with Gasteiger partial charge in [0, 0.05) is 17.1 Å². The van der Waals surface area contributed by atoms with E-state index < -0.39 is 0 Å². The second-order valence-corrected chi connectivity index (χ2v) is 7.48. The van der Waals surface area contributed by atoms with Gasteiger partial charge < -0.3 is 9.72 Å². The van der Waals surface area contributed by atoms with Crippen LogP contribution in [0.4, 0.5) is 0 Å². The lowest BCUT2D eigenvalue weighted by Gasteiger charge is -2.10. The van der Waals surface area contributed by atoms with Gasteiger partial charge in [-0.05, 0) is 80.1 Å². The molecule has 0 fully saturated rings. The van der Waals surface area contributed by atoms with Crippen LogP contribution >= 0.6 is 31.9 Å². The smallest absolute Gasteiger partial charge is 0.155 e. The topological polar surface area (TPSA) is 25.0 Å². The van der Waals surface area contributed by atoms with Gasteiger partial charge in [-0.2, -0.15) is 0 Å². The zero-order valence-electron chi connectivity index (χ0n) is 12.5. The fraction of sp³-hybridized carbons (Fsp3) is 0.222. The van der Waals surface area contributed by atoms with Gasteiger partial charge in [-0.3, -0.25) is 0 Å². The second kappa shape index (κ2) is 6.47. The predicted molar refractivity (Wildman–Crippen MR) is 98.8 cm³/mol. The predicted octanol–water partition coefficient (Wildman–Crippen LogP) is 6.68. The molecule has 2 aromatic carbocycles. The number of para-hydroxylation sites is 1. The van der Waals surface area contributed by atoms with Gasteiger partial charge in [0.25, 0.3) is 0 Å². The Hall–Kier alpha value is -1.26. The third-order valence-electron chi connectivity index (χ3n) is 3.51. The van der Waals surface area contributed by atoms with Crippen molar-refractivity contribution in [1.29, 1.82) is 0 Å². The number of fused-ring (bicyclic) bond motifs is 1. The number of hydrogen-bond donors (Lipinski definition) is 1. The van der Waals surface area contributed by atoms with Crippen LogP contribution in [0, 0.1) is 5.92 Å². The number of aromatic nitrogens is 1. The Labute approximate surface area is 147 Å². The molecule has 0 amide bonds. The molecule has 2 nitrogen and oxygen atoms in total. The van der Waals surface area contributed by atoms with Crippen LogP contribution in [-0.2, 0) is 6.42 Å². The molecule has 114 valence electrons. The Bertz CT molecular complexity index is 788. The maximum Gasteiger partial charge on any atom is 0.155 e. The molecule has 3 rings (SSSR count). The summed E-state index contributed by atoms with van der Waals surface area (Å²) in [5.74, 6) is 2.26. The van der Waals surface area contributed by atoms with E-state index in [0.29, 0.717) is 5.92 Å². The number of H-pyrrole nitrogens is 1. The van der Waals surface area contributed by atoms with Crippen LogP contribution in [0.1, 0.15) is 19.4 Å². The first-order valence-electron chi connectivity index (χ1n) is 7.26. The van der Waals surface area contributed by atoms with Crippen LogP contribution < -0.4 is 4.74 Å². The van der Waals surface area contributed by atoms with E-state index in [1.165, 1.54) is 10.9 Å². The lowest BCUT2D eigenvalue weighted by atomic mass is 10.0. The molecule has 0 saturated carbocycles. The van der Waals surface area contributed by atoms with Gasteiger partial charge in [-0.15, -0.1) is 0 Å². The zero-order valence-corrected chi connectivity index (χ0v) is 15.7. The summed E-state index contributed by atoms with van der Waals surface area (Å²) in [6, 6.07) is 12.1. The number of hydrogen-bond acceptors (Lipinski definition) is 1. The Kier molecular flexibility index (Phi) is 4.59. The zero-order chi connectivity index (χ0) is 15.7. The highest BCUT2D eigenvalue weighted by Gasteiger charge is 2.10. The summed E-state index contributed by atoms with van der Waals surface area (Å²) in [6.45, 7) is 4.47. The fourth-order valence-corrected chi connectivity index (χ4v) is 3.69. The van der Waals surface area contributed by atoms with E-state index >= 15 is 0 Å². The van der Waals surface area contributed by atoms with Gasteiger partial charge in [-0.25, -0.2) is 0 Å². The summed E-state index contributed by atoms with van der Waals surface area (Å²) in [6.07, 6.45) is 3.16. The molecule has 0 aliphatic heterocycles. The Morgan fingerprint density at radius 3 is 2.50 bits per heavy atom. The maximum absolute atomic E-state index is 6.07. The number of rotatable bonds is 4. The van der Waals surface area contributed by atoms with E-state index in [0.717, 1.165) is 32.4 Å². The molecule has 1 aromatic heterocycles. The molecule has 3 aromatic rings. The van der Waals surface area contributed by atoms with Crippen molar-refractivity contribution in [3.63, 3.8) is 0 Å². The number of ether oxygens (including phenoxy) is 1. The van der Waals surface area contributed by atoms with Crippen molar-refractivity contribution in [2.45, 2.75) is 20.3 Å². The summed E-state index contributed by atoms with van der Waals surface area (Å²) < 4.78 is 7.93. The largest absolute Gasteiger partial charge is 0.455 e. The highest BCUT2D eigenvalue weighted by atomic mass is 79.9. The molecule has 1 heterocycles. The van der Waals surface area contributed by atoms with E-state index in [1.54, 1.807) is 0 Å². The standard InChI is InChI=1S/C18H17Br2NO/c1-11(2)8-12-10-21-17-7-6-13(9-14(12)17)22-18-15(19)4-3-5-16(18)20/h3-7,9-11,21H,8H2,1-2H3. The number of benzene rings is 2. The average molecular weight is 423 g/mol. The number of aromatic amines is 1. The van der Waals surface area contributed by atoms with Crippen LogP contribution in [0.5, 0.6) is 11.5 Å². The van der Waals surface area contributed by atoms with Gasteiger partial charge in [0.2, 0.25) is 0 Å². The lowest BCUT2D eigenvalue weighted by Crippen LogP contribution is -1.92. The van der Waals surface area contributed by atoms with Crippen molar-refractivity contribution in [2.24, 2.45) is 5.92 Å². The minimum atomic E-state index is 0.626. The van der Waals surface area contributed by atoms with E-state index in [1.807, 2.05) is 24.3 Å². The molecule has 0 aliphatic carbocycles. The quantitative estimate of drug-likeness (QED) is 0.498. The minimum Gasteiger partial charge on any atom is -0.455 e. The molecule has 0 radical (unpaired) electrons. The monoisotopic (exact) mass is 421 g/mol. The number of nitrogens with one attached hydrogen (secondary N) is 1. The first kappa shape index (κ1) is 15.6. The average Bonchev–Trinajstić information content (AvgIpc) is 2.85. The van der Waals surface area contributed by atoms with E-state index in [2.05, 4.69) is 69.0 Å². The first-order chi connectivity index (χ1) is 10.5. The highest BCUT2D eigenvalue weighted by Crippen LogP contribution is 2.37. The molecule has 0 atom stereocenters. The molecule has 1 N–H and O–H groups in total. The van der Waals surface area contributed by atoms with Gasteiger partial charge in [0.05, 0.1) is 8.95 Å². The molecule has 0 spiro atoms. The Morgan fingerprint density at radius 2 is 1.82 bits per heavy atom. The molecule has 0 bridgehead atoms. The van der Waals surface area contributed by atoms with Crippen molar-refractivity contribution in [1.82, 2.24) is 4.98 Å². The van der Waals surface area contributed by atoms with E-state index in [9.17, 15) is 0 Å². The SMILES string of the molecule is CC(C)Cc1c[nH]c2ccc(Oc3c(Br)cccc3Br)cc12. The second-order valence-electron chi connectivity index (χ2n) is 5.77. The minimum absolute atomic E-state index is 0.626. The Balaban J connectivity index is 1.98. The van der Waals surface area contributed by atoms with Crippen LogP contribution in [-0.4, -0.2) is 4.98 Å². The summed E-state index contributed by atoms with van der Waals surface area (Å²) in [7, 11) is 0. The van der Waals surface area contributed by atoms with Gasteiger partial charge >= 0.3 is 0 Å². The van der Waals surface area contributed by atoms with Gasteiger partial charge in [0.15, 0.2) is 5.75 Å². The molecule has 0 saturated heterocycles. The van der Waals surface area contributed by atoms with E-state index in [4.69, 9.17) is 4.74 Å². The molecule has 0 aliphatic rings. The summed E-state index contributed by atoms with van der Waals surface area (Å²) in [4.78, 5) is 3.33. The maximum atomic E-state index is 6.07. The van der Waals surface area contributed by atoms with Crippen LogP contribution in [0.25, 0.3) is 10.9 Å². The van der Waals surface area contributed by atoms with Crippen molar-refractivity contribution >= 4 is 42.8 Å². The van der Waals surface area contributed by atoms with E-state index in [-0.39, 0.29) is 0 Å². The van der Waals surface area contributed by atoms with Crippen LogP contribution in [0.15, 0.2) is 51.5 Å².